The van der Waals surface area contributed by atoms with E-state index in [0.717, 1.165) is 43.2 Å². The van der Waals surface area contributed by atoms with Crippen LogP contribution in [0, 0.1) is 19.7 Å². The lowest BCUT2D eigenvalue weighted by Gasteiger charge is -2.34. The summed E-state index contributed by atoms with van der Waals surface area (Å²) < 4.78 is 13.9. The Kier molecular flexibility index (Phi) is 10.00. The van der Waals surface area contributed by atoms with E-state index in [1.807, 2.05) is 32.0 Å². The van der Waals surface area contributed by atoms with Gasteiger partial charge in [-0.2, -0.15) is 0 Å². The maximum Gasteiger partial charge on any atom is 0.248 e. The fourth-order valence-corrected chi connectivity index (χ4v) is 5.06. The van der Waals surface area contributed by atoms with E-state index >= 15 is 0 Å². The van der Waals surface area contributed by atoms with Gasteiger partial charge in [0.05, 0.1) is 0 Å². The Hall–Kier alpha value is -4.07. The van der Waals surface area contributed by atoms with Crippen LogP contribution >= 0.6 is 0 Å². The minimum Gasteiger partial charge on any atom is -0.351 e. The standard InChI is InChI=1S/C32H37FN4O3/c1-22-14-19-27(21-23(22)2)37(30(39)13-8-12-29(38)36-28-11-6-7-20-34-28)31(24-15-17-25(33)18-16-24)32(40)35-26-9-4-3-5-10-26/h6-7,11,14-21,26,31H,3-5,8-10,12-13H2,1-2H3,(H,35,40)(H,34,36,38). The molecule has 1 aromatic heterocycles. The van der Waals surface area contributed by atoms with Crippen molar-refractivity contribution in [3.63, 3.8) is 0 Å². The summed E-state index contributed by atoms with van der Waals surface area (Å²) in [4.78, 5) is 45.8. The highest BCUT2D eigenvalue weighted by atomic mass is 19.1. The van der Waals surface area contributed by atoms with Gasteiger partial charge in [0.15, 0.2) is 0 Å². The largest absolute Gasteiger partial charge is 0.351 e. The van der Waals surface area contributed by atoms with E-state index in [4.69, 9.17) is 0 Å². The Balaban J connectivity index is 1.59. The van der Waals surface area contributed by atoms with Gasteiger partial charge in [-0.25, -0.2) is 9.37 Å². The van der Waals surface area contributed by atoms with E-state index in [0.29, 0.717) is 23.5 Å². The zero-order valence-electron chi connectivity index (χ0n) is 23.2. The van der Waals surface area contributed by atoms with Crippen molar-refractivity contribution in [2.24, 2.45) is 0 Å². The number of aryl methyl sites for hydroxylation is 2. The molecule has 1 fully saturated rings. The van der Waals surface area contributed by atoms with Crippen molar-refractivity contribution in [1.82, 2.24) is 10.3 Å². The number of nitrogens with one attached hydrogen (secondary N) is 2. The quantitative estimate of drug-likeness (QED) is 0.319. The van der Waals surface area contributed by atoms with Crippen molar-refractivity contribution >= 4 is 29.2 Å². The van der Waals surface area contributed by atoms with Crippen LogP contribution in [0.1, 0.15) is 74.1 Å². The summed E-state index contributed by atoms with van der Waals surface area (Å²) in [7, 11) is 0. The summed E-state index contributed by atoms with van der Waals surface area (Å²) in [6, 6.07) is 15.7. The number of nitrogens with zero attached hydrogens (tertiary/aromatic N) is 2. The van der Waals surface area contributed by atoms with Gasteiger partial charge in [0.1, 0.15) is 17.7 Å². The molecule has 1 aliphatic carbocycles. The lowest BCUT2D eigenvalue weighted by atomic mass is 9.94. The molecule has 0 aliphatic heterocycles. The van der Waals surface area contributed by atoms with Crippen LogP contribution in [-0.2, 0) is 14.4 Å². The molecule has 210 valence electrons. The maximum atomic E-state index is 13.9. The number of amides is 3. The predicted molar refractivity (Wildman–Crippen MR) is 154 cm³/mol. The molecule has 2 N–H and O–H groups in total. The van der Waals surface area contributed by atoms with Crippen LogP contribution in [-0.4, -0.2) is 28.7 Å². The maximum absolute atomic E-state index is 13.9. The fraction of sp³-hybridized carbons (Fsp3) is 0.375. The second-order valence-electron chi connectivity index (χ2n) is 10.4. The van der Waals surface area contributed by atoms with Crippen LogP contribution in [0.25, 0.3) is 0 Å². The minimum absolute atomic E-state index is 0.0381. The first-order chi connectivity index (χ1) is 19.3. The molecule has 3 amide bonds. The van der Waals surface area contributed by atoms with E-state index in [1.165, 1.54) is 17.0 Å². The number of halogens is 1. The summed E-state index contributed by atoms with van der Waals surface area (Å²) in [5.41, 5.74) is 3.15. The Bertz CT molecular complexity index is 1310. The molecule has 0 bridgehead atoms. The minimum atomic E-state index is -0.987. The normalized spacial score (nSPS) is 14.3. The predicted octanol–water partition coefficient (Wildman–Crippen LogP) is 6.17. The first-order valence-corrected chi connectivity index (χ1v) is 14.0. The monoisotopic (exact) mass is 544 g/mol. The first kappa shape index (κ1) is 28.9. The van der Waals surface area contributed by atoms with Crippen molar-refractivity contribution in [3.05, 3.63) is 89.4 Å². The highest BCUT2D eigenvalue weighted by Crippen LogP contribution is 2.31. The summed E-state index contributed by atoms with van der Waals surface area (Å²) in [6.45, 7) is 3.94. The van der Waals surface area contributed by atoms with Gasteiger partial charge in [-0.1, -0.05) is 43.5 Å². The number of aromatic nitrogens is 1. The van der Waals surface area contributed by atoms with Crippen LogP contribution in [0.15, 0.2) is 66.9 Å². The van der Waals surface area contributed by atoms with Crippen molar-refractivity contribution in [2.75, 3.05) is 10.2 Å². The molecule has 0 saturated heterocycles. The number of pyridine rings is 1. The smallest absolute Gasteiger partial charge is 0.248 e. The molecule has 2 aromatic carbocycles. The second kappa shape index (κ2) is 13.8. The van der Waals surface area contributed by atoms with Crippen LogP contribution in [0.2, 0.25) is 0 Å². The number of rotatable bonds is 10. The van der Waals surface area contributed by atoms with E-state index in [1.54, 1.807) is 36.5 Å². The molecular formula is C32H37FN4O3. The van der Waals surface area contributed by atoms with Crippen LogP contribution in [0.5, 0.6) is 0 Å². The zero-order chi connectivity index (χ0) is 28.5. The zero-order valence-corrected chi connectivity index (χ0v) is 23.2. The van der Waals surface area contributed by atoms with Gasteiger partial charge >= 0.3 is 0 Å². The van der Waals surface area contributed by atoms with E-state index in [9.17, 15) is 18.8 Å². The Morgan fingerprint density at radius 1 is 0.950 bits per heavy atom. The van der Waals surface area contributed by atoms with Crippen molar-refractivity contribution < 1.29 is 18.8 Å². The van der Waals surface area contributed by atoms with Gasteiger partial charge < -0.3 is 10.6 Å². The fourth-order valence-electron chi connectivity index (χ4n) is 5.06. The molecule has 1 heterocycles. The average molecular weight is 545 g/mol. The van der Waals surface area contributed by atoms with Crippen LogP contribution < -0.4 is 15.5 Å². The third kappa shape index (κ3) is 7.74. The molecule has 1 saturated carbocycles. The Morgan fingerprint density at radius 3 is 2.38 bits per heavy atom. The topological polar surface area (TPSA) is 91.4 Å². The van der Waals surface area contributed by atoms with Crippen molar-refractivity contribution in [3.8, 4) is 0 Å². The summed E-state index contributed by atoms with van der Waals surface area (Å²) in [6.07, 6.45) is 7.09. The van der Waals surface area contributed by atoms with Gasteiger partial charge in [0.25, 0.3) is 0 Å². The Morgan fingerprint density at radius 2 is 1.70 bits per heavy atom. The van der Waals surface area contributed by atoms with Crippen LogP contribution in [0.3, 0.4) is 0 Å². The molecule has 3 aromatic rings. The first-order valence-electron chi connectivity index (χ1n) is 14.0. The lowest BCUT2D eigenvalue weighted by Crippen LogP contribution is -2.47. The summed E-state index contributed by atoms with van der Waals surface area (Å²) in [5.74, 6) is -0.793. The van der Waals surface area contributed by atoms with E-state index in [2.05, 4.69) is 15.6 Å². The molecule has 0 spiro atoms. The number of hydrogen-bond donors (Lipinski definition) is 2. The number of benzene rings is 2. The third-order valence-corrected chi connectivity index (χ3v) is 7.41. The van der Waals surface area contributed by atoms with Crippen molar-refractivity contribution in [2.45, 2.75) is 77.3 Å². The van der Waals surface area contributed by atoms with E-state index in [-0.39, 0.29) is 36.6 Å². The third-order valence-electron chi connectivity index (χ3n) is 7.41. The molecule has 40 heavy (non-hydrogen) atoms. The van der Waals surface area contributed by atoms with Gasteiger partial charge in [0, 0.05) is 30.8 Å². The van der Waals surface area contributed by atoms with Gasteiger partial charge in [0.2, 0.25) is 17.7 Å². The average Bonchev–Trinajstić information content (AvgIpc) is 2.95. The van der Waals surface area contributed by atoms with Gasteiger partial charge in [-0.3, -0.25) is 19.3 Å². The highest BCUT2D eigenvalue weighted by Gasteiger charge is 2.34. The van der Waals surface area contributed by atoms with E-state index < -0.39 is 11.9 Å². The summed E-state index contributed by atoms with van der Waals surface area (Å²) >= 11 is 0. The molecule has 1 aliphatic rings. The summed E-state index contributed by atoms with van der Waals surface area (Å²) in [5, 5.41) is 5.90. The molecule has 7 nitrogen and oxygen atoms in total. The van der Waals surface area contributed by atoms with Crippen LogP contribution in [0.4, 0.5) is 15.9 Å². The molecule has 1 atom stereocenters. The second-order valence-corrected chi connectivity index (χ2v) is 10.4. The molecule has 1 unspecified atom stereocenters. The number of carbonyl (C=O) groups is 3. The molecular weight excluding hydrogens is 507 g/mol. The number of hydrogen-bond acceptors (Lipinski definition) is 4. The number of carbonyl (C=O) groups excluding carboxylic acids is 3. The molecule has 8 heteroatoms. The number of anilines is 2. The molecule has 4 rings (SSSR count). The SMILES string of the molecule is Cc1ccc(N(C(=O)CCCC(=O)Nc2ccccn2)C(C(=O)NC2CCCCC2)c2ccc(F)cc2)cc1C. The van der Waals surface area contributed by atoms with Gasteiger partial charge in [-0.15, -0.1) is 0 Å². The van der Waals surface area contributed by atoms with Crippen molar-refractivity contribution in [1.29, 1.82) is 0 Å². The van der Waals surface area contributed by atoms with Gasteiger partial charge in [-0.05, 0) is 86.2 Å². The molecule has 0 radical (unpaired) electrons. The highest BCUT2D eigenvalue weighted by molar-refractivity contribution is 6.01. The Labute approximate surface area is 235 Å². The lowest BCUT2D eigenvalue weighted by molar-refractivity contribution is -0.127.